The highest BCUT2D eigenvalue weighted by Gasteiger charge is 2.20. The van der Waals surface area contributed by atoms with Crippen molar-refractivity contribution in [1.29, 1.82) is 0 Å². The fraction of sp³-hybridized carbons (Fsp3) is 0.318. The summed E-state index contributed by atoms with van der Waals surface area (Å²) in [7, 11) is 1.27. The molecule has 32 heavy (non-hydrogen) atoms. The van der Waals surface area contributed by atoms with Crippen molar-refractivity contribution in [2.24, 2.45) is 0 Å². The maximum Gasteiger partial charge on any atom is 0.348 e. The number of anilines is 1. The van der Waals surface area contributed by atoms with E-state index in [-0.39, 0.29) is 11.9 Å². The van der Waals surface area contributed by atoms with Gasteiger partial charge in [0.05, 0.1) is 31.0 Å². The lowest BCUT2D eigenvalue weighted by atomic mass is 10.2. The molecule has 1 N–H and O–H groups in total. The van der Waals surface area contributed by atoms with Gasteiger partial charge in [0.25, 0.3) is 5.56 Å². The SMILES string of the molecule is CCCCOC(=O)c1ccc(NC(=O)Cn2cnc3sc(C(=O)OC)c(C)c3c2=O)cc1. The highest BCUT2D eigenvalue weighted by molar-refractivity contribution is 7.20. The molecule has 168 valence electrons. The molecule has 0 aliphatic heterocycles. The van der Waals surface area contributed by atoms with E-state index in [2.05, 4.69) is 10.3 Å². The lowest BCUT2D eigenvalue weighted by Gasteiger charge is -2.08. The number of hydrogen-bond acceptors (Lipinski definition) is 8. The quantitative estimate of drug-likeness (QED) is 0.408. The monoisotopic (exact) mass is 457 g/mol. The van der Waals surface area contributed by atoms with Gasteiger partial charge in [-0.2, -0.15) is 0 Å². The van der Waals surface area contributed by atoms with Crippen LogP contribution in [0, 0.1) is 6.92 Å². The van der Waals surface area contributed by atoms with Crippen LogP contribution < -0.4 is 10.9 Å². The van der Waals surface area contributed by atoms with Crippen LogP contribution in [0.2, 0.25) is 0 Å². The van der Waals surface area contributed by atoms with Crippen molar-refractivity contribution in [2.75, 3.05) is 19.0 Å². The summed E-state index contributed by atoms with van der Waals surface area (Å²) in [5, 5.41) is 2.97. The second-order valence-electron chi connectivity index (χ2n) is 7.02. The maximum absolute atomic E-state index is 12.8. The largest absolute Gasteiger partial charge is 0.465 e. The average Bonchev–Trinajstić information content (AvgIpc) is 3.12. The Kier molecular flexibility index (Phi) is 7.37. The third-order valence-corrected chi connectivity index (χ3v) is 5.92. The van der Waals surface area contributed by atoms with E-state index in [1.807, 2.05) is 6.92 Å². The Labute approximate surface area is 188 Å². The molecule has 0 saturated heterocycles. The molecule has 9 nitrogen and oxygen atoms in total. The van der Waals surface area contributed by atoms with Crippen molar-refractivity contribution in [1.82, 2.24) is 9.55 Å². The smallest absolute Gasteiger partial charge is 0.348 e. The summed E-state index contributed by atoms with van der Waals surface area (Å²) in [4.78, 5) is 54.0. The van der Waals surface area contributed by atoms with Gasteiger partial charge in [0.15, 0.2) is 0 Å². The number of ether oxygens (including phenoxy) is 2. The molecule has 0 aliphatic rings. The van der Waals surface area contributed by atoms with Crippen LogP contribution in [0.3, 0.4) is 0 Å². The summed E-state index contributed by atoms with van der Waals surface area (Å²) in [5.74, 6) is -1.39. The molecule has 0 fully saturated rings. The third-order valence-electron chi connectivity index (χ3n) is 4.74. The van der Waals surface area contributed by atoms with E-state index < -0.39 is 23.4 Å². The number of rotatable bonds is 8. The van der Waals surface area contributed by atoms with Gasteiger partial charge >= 0.3 is 11.9 Å². The number of unbranched alkanes of at least 4 members (excludes halogenated alkanes) is 1. The van der Waals surface area contributed by atoms with Crippen molar-refractivity contribution in [2.45, 2.75) is 33.2 Å². The molecule has 0 spiro atoms. The minimum atomic E-state index is -0.535. The van der Waals surface area contributed by atoms with Gasteiger partial charge in [0.1, 0.15) is 16.3 Å². The van der Waals surface area contributed by atoms with Gasteiger partial charge in [-0.05, 0) is 43.2 Å². The molecule has 0 saturated carbocycles. The zero-order chi connectivity index (χ0) is 23.3. The number of carbonyl (C=O) groups excluding carboxylic acids is 3. The Morgan fingerprint density at radius 3 is 2.53 bits per heavy atom. The number of fused-ring (bicyclic) bond motifs is 1. The van der Waals surface area contributed by atoms with E-state index in [0.29, 0.717) is 33.1 Å². The van der Waals surface area contributed by atoms with E-state index >= 15 is 0 Å². The Hall–Kier alpha value is -3.53. The van der Waals surface area contributed by atoms with E-state index in [4.69, 9.17) is 9.47 Å². The van der Waals surface area contributed by atoms with Gasteiger partial charge in [0, 0.05) is 5.69 Å². The summed E-state index contributed by atoms with van der Waals surface area (Å²) < 4.78 is 11.1. The molecule has 0 atom stereocenters. The number of amides is 1. The number of thiophene rings is 1. The maximum atomic E-state index is 12.8. The van der Waals surface area contributed by atoms with Crippen molar-refractivity contribution in [3.05, 3.63) is 57.0 Å². The zero-order valence-corrected chi connectivity index (χ0v) is 18.8. The van der Waals surface area contributed by atoms with E-state index in [9.17, 15) is 19.2 Å². The fourth-order valence-corrected chi connectivity index (χ4v) is 4.05. The Bertz CT molecular complexity index is 1210. The van der Waals surface area contributed by atoms with Crippen molar-refractivity contribution in [3.63, 3.8) is 0 Å². The van der Waals surface area contributed by atoms with Crippen LogP contribution in [0.25, 0.3) is 10.2 Å². The molecule has 0 bridgehead atoms. The third kappa shape index (κ3) is 5.02. The topological polar surface area (TPSA) is 117 Å². The van der Waals surface area contributed by atoms with Crippen molar-refractivity contribution in [3.8, 4) is 0 Å². The summed E-state index contributed by atoms with van der Waals surface area (Å²) in [5.41, 5.74) is 0.922. The Morgan fingerprint density at radius 2 is 1.88 bits per heavy atom. The lowest BCUT2D eigenvalue weighted by molar-refractivity contribution is -0.116. The van der Waals surface area contributed by atoms with Crippen LogP contribution in [0.15, 0.2) is 35.4 Å². The molecule has 3 rings (SSSR count). The van der Waals surface area contributed by atoms with Gasteiger partial charge in [-0.1, -0.05) is 13.3 Å². The number of hydrogen-bond donors (Lipinski definition) is 1. The molecule has 0 radical (unpaired) electrons. The summed E-state index contributed by atoms with van der Waals surface area (Å²) >= 11 is 1.07. The second-order valence-corrected chi connectivity index (χ2v) is 8.02. The van der Waals surface area contributed by atoms with Crippen LogP contribution in [0.4, 0.5) is 5.69 Å². The molecule has 1 amide bonds. The van der Waals surface area contributed by atoms with Crippen LogP contribution in [0.1, 0.15) is 45.4 Å². The number of carbonyl (C=O) groups is 3. The molecular weight excluding hydrogens is 434 g/mol. The highest BCUT2D eigenvalue weighted by Crippen LogP contribution is 2.27. The minimum absolute atomic E-state index is 0.259. The number of methoxy groups -OCH3 is 1. The molecule has 0 aliphatic carbocycles. The minimum Gasteiger partial charge on any atom is -0.465 e. The van der Waals surface area contributed by atoms with Gasteiger partial charge in [-0.15, -0.1) is 11.3 Å². The number of nitrogens with one attached hydrogen (secondary N) is 1. The van der Waals surface area contributed by atoms with Crippen LogP contribution in [0.5, 0.6) is 0 Å². The van der Waals surface area contributed by atoms with Crippen molar-refractivity contribution >= 4 is 45.1 Å². The van der Waals surface area contributed by atoms with Crippen LogP contribution >= 0.6 is 11.3 Å². The first-order valence-electron chi connectivity index (χ1n) is 9.99. The molecule has 2 aromatic heterocycles. The van der Waals surface area contributed by atoms with E-state index in [1.54, 1.807) is 31.2 Å². The number of aryl methyl sites for hydroxylation is 1. The fourth-order valence-electron chi connectivity index (χ4n) is 3.00. The standard InChI is InChI=1S/C22H23N3O6S/c1-4-5-10-31-21(28)14-6-8-15(9-7-14)24-16(26)11-25-12-23-19-17(20(25)27)13(2)18(32-19)22(29)30-3/h6-9,12H,4-5,10-11H2,1-3H3,(H,24,26). The predicted octanol–water partition coefficient (Wildman–Crippen LogP) is 3.15. The zero-order valence-electron chi connectivity index (χ0n) is 18.0. The molecule has 0 unspecified atom stereocenters. The number of esters is 2. The molecular formula is C22H23N3O6S. The first-order chi connectivity index (χ1) is 15.3. The summed E-state index contributed by atoms with van der Waals surface area (Å²) in [6.45, 7) is 3.76. The predicted molar refractivity (Wildman–Crippen MR) is 120 cm³/mol. The van der Waals surface area contributed by atoms with Gasteiger partial charge in [-0.25, -0.2) is 14.6 Å². The molecule has 2 heterocycles. The van der Waals surface area contributed by atoms with Crippen LogP contribution in [-0.4, -0.2) is 41.1 Å². The highest BCUT2D eigenvalue weighted by atomic mass is 32.1. The normalized spacial score (nSPS) is 10.7. The van der Waals surface area contributed by atoms with Crippen molar-refractivity contribution < 1.29 is 23.9 Å². The molecule has 10 heteroatoms. The Morgan fingerprint density at radius 1 is 1.16 bits per heavy atom. The second kappa shape index (κ2) is 10.2. The number of benzene rings is 1. The van der Waals surface area contributed by atoms with Gasteiger partial charge < -0.3 is 14.8 Å². The van der Waals surface area contributed by atoms with Gasteiger partial charge in [-0.3, -0.25) is 14.2 Å². The first-order valence-corrected chi connectivity index (χ1v) is 10.8. The Balaban J connectivity index is 1.70. The number of nitrogens with zero attached hydrogens (tertiary/aromatic N) is 2. The first kappa shape index (κ1) is 23.1. The number of aromatic nitrogens is 2. The van der Waals surface area contributed by atoms with Crippen LogP contribution in [-0.2, 0) is 20.8 Å². The van der Waals surface area contributed by atoms with Gasteiger partial charge in [0.2, 0.25) is 5.91 Å². The van der Waals surface area contributed by atoms with E-state index in [1.165, 1.54) is 18.0 Å². The molecule has 3 aromatic rings. The average molecular weight is 458 g/mol. The summed E-state index contributed by atoms with van der Waals surface area (Å²) in [6.07, 6.45) is 3.01. The molecule has 1 aromatic carbocycles. The summed E-state index contributed by atoms with van der Waals surface area (Å²) in [6, 6.07) is 6.30. The van der Waals surface area contributed by atoms with E-state index in [0.717, 1.165) is 24.2 Å². The lowest BCUT2D eigenvalue weighted by Crippen LogP contribution is -2.27.